The molecule has 3 rings (SSSR count). The Bertz CT molecular complexity index is 687. The molecule has 4 heteroatoms. The van der Waals surface area contributed by atoms with E-state index in [2.05, 4.69) is 23.5 Å². The summed E-state index contributed by atoms with van der Waals surface area (Å²) in [7, 11) is 0. The van der Waals surface area contributed by atoms with Crippen molar-refractivity contribution in [1.29, 1.82) is 0 Å². The van der Waals surface area contributed by atoms with E-state index in [-0.39, 0.29) is 6.04 Å². The molecule has 3 nitrogen and oxygen atoms in total. The average Bonchev–Trinajstić information content (AvgIpc) is 2.56. The van der Waals surface area contributed by atoms with Crippen molar-refractivity contribution in [3.05, 3.63) is 58.1 Å². The van der Waals surface area contributed by atoms with Crippen LogP contribution in [0.3, 0.4) is 0 Å². The lowest BCUT2D eigenvalue weighted by Gasteiger charge is -2.29. The second kappa shape index (κ2) is 7.24. The first-order chi connectivity index (χ1) is 11.2. The molecule has 0 unspecified atom stereocenters. The molecule has 2 aromatic carbocycles. The first-order valence-electron chi connectivity index (χ1n) is 8.14. The molecular formula is C19H22ClNO2. The van der Waals surface area contributed by atoms with Gasteiger partial charge in [-0.1, -0.05) is 29.8 Å². The lowest BCUT2D eigenvalue weighted by molar-refractivity contribution is 0.286. The lowest BCUT2D eigenvalue weighted by atomic mass is 9.89. The number of rotatable bonds is 5. The van der Waals surface area contributed by atoms with Crippen molar-refractivity contribution in [2.45, 2.75) is 26.3 Å². The van der Waals surface area contributed by atoms with E-state index in [1.165, 1.54) is 11.1 Å². The summed E-state index contributed by atoms with van der Waals surface area (Å²) in [5.41, 5.74) is 3.61. The van der Waals surface area contributed by atoms with Gasteiger partial charge in [0, 0.05) is 11.6 Å². The number of hydrogen-bond donors (Lipinski definition) is 1. The maximum atomic E-state index is 6.41. The molecule has 1 heterocycles. The Balaban J connectivity index is 2.07. The Morgan fingerprint density at radius 1 is 1.04 bits per heavy atom. The van der Waals surface area contributed by atoms with Gasteiger partial charge in [-0.3, -0.25) is 0 Å². The molecule has 0 saturated carbocycles. The smallest absolute Gasteiger partial charge is 0.161 e. The van der Waals surface area contributed by atoms with Gasteiger partial charge in [0.2, 0.25) is 0 Å². The highest BCUT2D eigenvalue weighted by Crippen LogP contribution is 2.39. The molecule has 23 heavy (non-hydrogen) atoms. The first-order valence-corrected chi connectivity index (χ1v) is 8.52. The molecule has 1 N–H and O–H groups in total. The molecule has 2 aromatic rings. The Hall–Kier alpha value is -1.71. The van der Waals surface area contributed by atoms with Crippen molar-refractivity contribution in [2.24, 2.45) is 0 Å². The molecule has 1 aliphatic rings. The van der Waals surface area contributed by atoms with Gasteiger partial charge in [-0.15, -0.1) is 0 Å². The average molecular weight is 332 g/mol. The minimum Gasteiger partial charge on any atom is -0.490 e. The third-order valence-electron chi connectivity index (χ3n) is 4.08. The fourth-order valence-electron chi connectivity index (χ4n) is 3.09. The molecule has 0 radical (unpaired) electrons. The third kappa shape index (κ3) is 3.31. The fraction of sp³-hybridized carbons (Fsp3) is 0.368. The standard InChI is InChI=1S/C19H22ClNO2/c1-3-22-17-11-13-9-10-21-19(14-7-5-6-8-16(14)20)15(13)12-18(17)23-4-2/h5-8,11-12,19,21H,3-4,9-10H2,1-2H3/t19-/m1/s1. The van der Waals surface area contributed by atoms with Crippen LogP contribution in [0.25, 0.3) is 0 Å². The minimum atomic E-state index is 0.0855. The van der Waals surface area contributed by atoms with Crippen LogP contribution in [0.1, 0.15) is 36.6 Å². The van der Waals surface area contributed by atoms with Gasteiger partial charge in [-0.25, -0.2) is 0 Å². The molecule has 0 aromatic heterocycles. The van der Waals surface area contributed by atoms with Crippen LogP contribution in [0.5, 0.6) is 11.5 Å². The van der Waals surface area contributed by atoms with Crippen molar-refractivity contribution < 1.29 is 9.47 Å². The Labute approximate surface area is 142 Å². The topological polar surface area (TPSA) is 30.5 Å². The second-order valence-electron chi connectivity index (χ2n) is 5.52. The molecule has 0 fully saturated rings. The van der Waals surface area contributed by atoms with Crippen LogP contribution in [0.4, 0.5) is 0 Å². The van der Waals surface area contributed by atoms with E-state index in [1.54, 1.807) is 0 Å². The highest BCUT2D eigenvalue weighted by molar-refractivity contribution is 6.31. The minimum absolute atomic E-state index is 0.0855. The highest BCUT2D eigenvalue weighted by atomic mass is 35.5. The van der Waals surface area contributed by atoms with Crippen molar-refractivity contribution in [1.82, 2.24) is 5.32 Å². The highest BCUT2D eigenvalue weighted by Gasteiger charge is 2.25. The van der Waals surface area contributed by atoms with Crippen LogP contribution >= 0.6 is 11.6 Å². The predicted octanol–water partition coefficient (Wildman–Crippen LogP) is 4.37. The van der Waals surface area contributed by atoms with Gasteiger partial charge < -0.3 is 14.8 Å². The van der Waals surface area contributed by atoms with Gasteiger partial charge in [0.1, 0.15) is 0 Å². The van der Waals surface area contributed by atoms with E-state index in [0.29, 0.717) is 13.2 Å². The second-order valence-corrected chi connectivity index (χ2v) is 5.93. The molecule has 1 atom stereocenters. The molecule has 0 amide bonds. The number of fused-ring (bicyclic) bond motifs is 1. The first kappa shape index (κ1) is 16.2. The van der Waals surface area contributed by atoms with Gasteiger partial charge in [0.25, 0.3) is 0 Å². The van der Waals surface area contributed by atoms with Crippen LogP contribution in [0, 0.1) is 0 Å². The maximum absolute atomic E-state index is 6.41. The normalized spacial score (nSPS) is 16.7. The van der Waals surface area contributed by atoms with Crippen LogP contribution in [0.2, 0.25) is 5.02 Å². The lowest BCUT2D eigenvalue weighted by Crippen LogP contribution is -2.30. The van der Waals surface area contributed by atoms with Crippen molar-refractivity contribution in [3.63, 3.8) is 0 Å². The number of hydrogen-bond acceptors (Lipinski definition) is 3. The molecular weight excluding hydrogens is 310 g/mol. The summed E-state index contributed by atoms with van der Waals surface area (Å²) in [5.74, 6) is 1.63. The van der Waals surface area contributed by atoms with Crippen LogP contribution < -0.4 is 14.8 Å². The maximum Gasteiger partial charge on any atom is 0.161 e. The van der Waals surface area contributed by atoms with Crippen LogP contribution in [-0.4, -0.2) is 19.8 Å². The van der Waals surface area contributed by atoms with Gasteiger partial charge >= 0.3 is 0 Å². The van der Waals surface area contributed by atoms with Crippen molar-refractivity contribution in [3.8, 4) is 11.5 Å². The number of ether oxygens (including phenoxy) is 2. The number of nitrogens with one attached hydrogen (secondary N) is 1. The summed E-state index contributed by atoms with van der Waals surface area (Å²) in [6.45, 7) is 6.14. The molecule has 0 saturated heterocycles. The van der Waals surface area contributed by atoms with Gasteiger partial charge in [-0.05, 0) is 55.2 Å². The SMILES string of the molecule is CCOc1cc2c(cc1OCC)[C@@H](c1ccccc1Cl)NCC2. The molecule has 1 aliphatic heterocycles. The fourth-order valence-corrected chi connectivity index (χ4v) is 3.33. The predicted molar refractivity (Wildman–Crippen MR) is 93.8 cm³/mol. The van der Waals surface area contributed by atoms with Crippen molar-refractivity contribution in [2.75, 3.05) is 19.8 Å². The molecule has 122 valence electrons. The Kier molecular flexibility index (Phi) is 5.09. The monoisotopic (exact) mass is 331 g/mol. The van der Waals surface area contributed by atoms with E-state index < -0.39 is 0 Å². The van der Waals surface area contributed by atoms with Gasteiger partial charge in [0.05, 0.1) is 19.3 Å². The number of benzene rings is 2. The van der Waals surface area contributed by atoms with Crippen LogP contribution in [0.15, 0.2) is 36.4 Å². The summed E-state index contributed by atoms with van der Waals surface area (Å²) in [5, 5.41) is 4.35. The van der Waals surface area contributed by atoms with E-state index in [0.717, 1.165) is 35.1 Å². The van der Waals surface area contributed by atoms with Gasteiger partial charge in [-0.2, -0.15) is 0 Å². The summed E-state index contributed by atoms with van der Waals surface area (Å²) >= 11 is 6.41. The zero-order valence-electron chi connectivity index (χ0n) is 13.6. The van der Waals surface area contributed by atoms with E-state index >= 15 is 0 Å². The summed E-state index contributed by atoms with van der Waals surface area (Å²) < 4.78 is 11.5. The summed E-state index contributed by atoms with van der Waals surface area (Å²) in [4.78, 5) is 0. The Morgan fingerprint density at radius 2 is 1.74 bits per heavy atom. The third-order valence-corrected chi connectivity index (χ3v) is 4.42. The Morgan fingerprint density at radius 3 is 2.43 bits per heavy atom. The van der Waals surface area contributed by atoms with E-state index in [9.17, 15) is 0 Å². The number of halogens is 1. The van der Waals surface area contributed by atoms with Crippen LogP contribution in [-0.2, 0) is 6.42 Å². The van der Waals surface area contributed by atoms with E-state index in [1.807, 2.05) is 32.0 Å². The summed E-state index contributed by atoms with van der Waals surface area (Å²) in [6, 6.07) is 12.3. The van der Waals surface area contributed by atoms with E-state index in [4.69, 9.17) is 21.1 Å². The molecule has 0 spiro atoms. The summed E-state index contributed by atoms with van der Waals surface area (Å²) in [6.07, 6.45) is 0.975. The zero-order valence-corrected chi connectivity index (χ0v) is 14.3. The largest absolute Gasteiger partial charge is 0.490 e. The zero-order chi connectivity index (χ0) is 16.2. The van der Waals surface area contributed by atoms with Gasteiger partial charge in [0.15, 0.2) is 11.5 Å². The molecule has 0 aliphatic carbocycles. The quantitative estimate of drug-likeness (QED) is 0.882. The molecule has 0 bridgehead atoms. The van der Waals surface area contributed by atoms with Crippen molar-refractivity contribution >= 4 is 11.6 Å².